The van der Waals surface area contributed by atoms with Gasteiger partial charge in [0.25, 0.3) is 5.91 Å². The number of ether oxygens (including phenoxy) is 2. The van der Waals surface area contributed by atoms with Gasteiger partial charge >= 0.3 is 5.97 Å². The first-order valence-electron chi connectivity index (χ1n) is 9.26. The number of amides is 1. The number of methoxy groups -OCH3 is 2. The molecule has 0 N–H and O–H groups in total. The number of β-lactam (4-membered cyclic amide) rings is 1. The third kappa shape index (κ3) is 3.04. The molecule has 0 bridgehead atoms. The third-order valence-electron chi connectivity index (χ3n) is 5.06. The van der Waals surface area contributed by atoms with Gasteiger partial charge in [-0.1, -0.05) is 49.0 Å². The second kappa shape index (κ2) is 7.80. The predicted octanol–water partition coefficient (Wildman–Crippen LogP) is 4.19. The van der Waals surface area contributed by atoms with Crippen molar-refractivity contribution < 1.29 is 19.1 Å². The van der Waals surface area contributed by atoms with Crippen LogP contribution in [0.25, 0.3) is 4.91 Å². The van der Waals surface area contributed by atoms with Gasteiger partial charge in [0.05, 0.1) is 19.8 Å². The van der Waals surface area contributed by atoms with E-state index in [1.807, 2.05) is 61.5 Å². The molecule has 0 saturated carbocycles. The summed E-state index contributed by atoms with van der Waals surface area (Å²) in [5.74, 6) is 1.08. The summed E-state index contributed by atoms with van der Waals surface area (Å²) in [6, 6.07) is 16.7. The van der Waals surface area contributed by atoms with Gasteiger partial charge in [-0.05, 0) is 35.6 Å². The maximum Gasteiger partial charge on any atom is 0.337 e. The maximum absolute atomic E-state index is 13.4. The van der Waals surface area contributed by atoms with E-state index in [1.165, 1.54) is 18.9 Å². The first-order chi connectivity index (χ1) is 14.1. The Kier molecular flexibility index (Phi) is 5.36. The Morgan fingerprint density at radius 3 is 2.41 bits per heavy atom. The van der Waals surface area contributed by atoms with E-state index in [4.69, 9.17) is 9.47 Å². The lowest BCUT2D eigenvalue weighted by Crippen LogP contribution is -2.70. The van der Waals surface area contributed by atoms with Crippen molar-refractivity contribution in [3.05, 3.63) is 65.7 Å². The number of thioether (sulfide) groups is 2. The molecule has 2 aromatic rings. The van der Waals surface area contributed by atoms with Crippen molar-refractivity contribution >= 4 is 46.0 Å². The summed E-state index contributed by atoms with van der Waals surface area (Å²) in [5.41, 5.74) is 2.20. The Labute approximate surface area is 178 Å². The molecule has 1 amide bonds. The minimum atomic E-state index is -0.747. The van der Waals surface area contributed by atoms with E-state index in [0.29, 0.717) is 11.3 Å². The topological polar surface area (TPSA) is 55.8 Å². The Morgan fingerprint density at radius 2 is 1.83 bits per heavy atom. The SMILES string of the molecule is CCS[C@]12SC(c3ccccc3)=C(C(=O)OC)[C@H]1N(c1ccc(OC)cc1)C2=O. The summed E-state index contributed by atoms with van der Waals surface area (Å²) in [6.07, 6.45) is 0. The molecule has 29 heavy (non-hydrogen) atoms. The summed E-state index contributed by atoms with van der Waals surface area (Å²) in [5, 5.41) is 0. The fourth-order valence-electron chi connectivity index (χ4n) is 3.77. The lowest BCUT2D eigenvalue weighted by Gasteiger charge is -2.51. The minimum Gasteiger partial charge on any atom is -0.497 e. The van der Waals surface area contributed by atoms with E-state index in [2.05, 4.69) is 0 Å². The van der Waals surface area contributed by atoms with Crippen molar-refractivity contribution in [1.29, 1.82) is 0 Å². The molecule has 1 saturated heterocycles. The number of esters is 1. The van der Waals surface area contributed by atoms with Gasteiger partial charge in [-0.25, -0.2) is 4.79 Å². The van der Waals surface area contributed by atoms with Crippen molar-refractivity contribution in [1.82, 2.24) is 0 Å². The molecule has 2 heterocycles. The first kappa shape index (κ1) is 19.9. The van der Waals surface area contributed by atoms with Gasteiger partial charge in [0, 0.05) is 10.6 Å². The van der Waals surface area contributed by atoms with Gasteiger partial charge in [-0.15, -0.1) is 11.8 Å². The number of carbonyl (C=O) groups excluding carboxylic acids is 2. The third-order valence-corrected chi connectivity index (χ3v) is 8.14. The smallest absolute Gasteiger partial charge is 0.337 e. The lowest BCUT2D eigenvalue weighted by atomic mass is 9.90. The predicted molar refractivity (Wildman–Crippen MR) is 118 cm³/mol. The summed E-state index contributed by atoms with van der Waals surface area (Å²) >= 11 is 3.06. The van der Waals surface area contributed by atoms with Crippen molar-refractivity contribution in [3.63, 3.8) is 0 Å². The molecule has 2 atom stereocenters. The van der Waals surface area contributed by atoms with Gasteiger partial charge in [0.1, 0.15) is 11.8 Å². The van der Waals surface area contributed by atoms with E-state index in [-0.39, 0.29) is 11.9 Å². The Morgan fingerprint density at radius 1 is 1.14 bits per heavy atom. The molecular formula is C22H21NO4S2. The molecule has 2 aliphatic rings. The quantitative estimate of drug-likeness (QED) is 0.509. The Hall–Kier alpha value is -2.38. The molecule has 4 rings (SSSR count). The van der Waals surface area contributed by atoms with Crippen LogP contribution < -0.4 is 9.64 Å². The molecule has 0 spiro atoms. The zero-order valence-corrected chi connectivity index (χ0v) is 18.0. The molecule has 2 aromatic carbocycles. The first-order valence-corrected chi connectivity index (χ1v) is 11.1. The van der Waals surface area contributed by atoms with Gasteiger partial charge in [0.15, 0.2) is 4.08 Å². The highest BCUT2D eigenvalue weighted by Gasteiger charge is 2.69. The molecule has 0 radical (unpaired) electrons. The van der Waals surface area contributed by atoms with Crippen molar-refractivity contribution in [3.8, 4) is 5.75 Å². The number of carbonyl (C=O) groups is 2. The molecule has 150 valence electrons. The zero-order valence-electron chi connectivity index (χ0n) is 16.4. The van der Waals surface area contributed by atoms with E-state index in [0.717, 1.165) is 21.9 Å². The average molecular weight is 428 g/mol. The van der Waals surface area contributed by atoms with Crippen molar-refractivity contribution in [2.24, 2.45) is 0 Å². The number of anilines is 1. The van der Waals surface area contributed by atoms with Crippen LogP contribution >= 0.6 is 23.5 Å². The van der Waals surface area contributed by atoms with Crippen LogP contribution in [0.3, 0.4) is 0 Å². The molecule has 5 nitrogen and oxygen atoms in total. The Balaban J connectivity index is 1.84. The van der Waals surface area contributed by atoms with Gasteiger partial charge in [0.2, 0.25) is 0 Å². The second-order valence-electron chi connectivity index (χ2n) is 6.58. The number of nitrogens with zero attached hydrogens (tertiary/aromatic N) is 1. The van der Waals surface area contributed by atoms with Crippen LogP contribution in [0.5, 0.6) is 5.75 Å². The number of hydrogen-bond donors (Lipinski definition) is 0. The van der Waals surface area contributed by atoms with Crippen LogP contribution in [0.15, 0.2) is 60.2 Å². The molecule has 0 aliphatic carbocycles. The zero-order chi connectivity index (χ0) is 20.6. The highest BCUT2D eigenvalue weighted by molar-refractivity contribution is 8.24. The number of fused-ring (bicyclic) bond motifs is 1. The van der Waals surface area contributed by atoms with Gasteiger partial charge in [-0.3, -0.25) is 9.69 Å². The van der Waals surface area contributed by atoms with Crippen LogP contribution in [0.1, 0.15) is 12.5 Å². The van der Waals surface area contributed by atoms with Gasteiger partial charge < -0.3 is 9.47 Å². The van der Waals surface area contributed by atoms with E-state index in [1.54, 1.807) is 23.8 Å². The van der Waals surface area contributed by atoms with E-state index < -0.39 is 10.0 Å². The molecule has 1 fully saturated rings. The average Bonchev–Trinajstić information content (AvgIpc) is 3.06. The second-order valence-corrected chi connectivity index (χ2v) is 9.60. The van der Waals surface area contributed by atoms with Crippen LogP contribution in [0.2, 0.25) is 0 Å². The monoisotopic (exact) mass is 427 g/mol. The summed E-state index contributed by atoms with van der Waals surface area (Å²) in [4.78, 5) is 28.8. The van der Waals surface area contributed by atoms with Crippen molar-refractivity contribution in [2.75, 3.05) is 24.9 Å². The fourth-order valence-corrected chi connectivity index (χ4v) is 7.02. The molecule has 0 unspecified atom stereocenters. The summed E-state index contributed by atoms with van der Waals surface area (Å²) in [6.45, 7) is 2.03. The van der Waals surface area contributed by atoms with E-state index >= 15 is 0 Å². The maximum atomic E-state index is 13.4. The summed E-state index contributed by atoms with van der Waals surface area (Å²) in [7, 11) is 2.98. The normalized spacial score (nSPS) is 22.9. The Bertz CT molecular complexity index is 974. The molecule has 7 heteroatoms. The highest BCUT2D eigenvalue weighted by Crippen LogP contribution is 2.64. The van der Waals surface area contributed by atoms with Crippen LogP contribution in [0, 0.1) is 0 Å². The summed E-state index contributed by atoms with van der Waals surface area (Å²) < 4.78 is 9.62. The number of benzene rings is 2. The standard InChI is InChI=1S/C22H21NO4S2/c1-4-28-22-19(23(21(22)25)15-10-12-16(26-2)13-11-15)17(20(24)27-3)18(29-22)14-8-6-5-7-9-14/h5-13,19H,4H2,1-3H3/t19-,22+/m1/s1. The van der Waals surface area contributed by atoms with Crippen molar-refractivity contribution in [2.45, 2.75) is 17.0 Å². The minimum absolute atomic E-state index is 0.00292. The number of rotatable bonds is 6. The molecule has 2 aliphatic heterocycles. The van der Waals surface area contributed by atoms with Crippen LogP contribution in [-0.4, -0.2) is 42.0 Å². The molecule has 0 aromatic heterocycles. The van der Waals surface area contributed by atoms with Gasteiger partial charge in [-0.2, -0.15) is 0 Å². The molecular weight excluding hydrogens is 406 g/mol. The van der Waals surface area contributed by atoms with Crippen LogP contribution in [-0.2, 0) is 14.3 Å². The largest absolute Gasteiger partial charge is 0.497 e. The fraction of sp³-hybridized carbons (Fsp3) is 0.273. The lowest BCUT2D eigenvalue weighted by molar-refractivity contribution is -0.136. The van der Waals surface area contributed by atoms with Crippen LogP contribution in [0.4, 0.5) is 5.69 Å². The number of hydrogen-bond acceptors (Lipinski definition) is 6. The van der Waals surface area contributed by atoms with E-state index in [9.17, 15) is 9.59 Å². The highest BCUT2D eigenvalue weighted by atomic mass is 32.2.